The molecular formula is C24H50NO7P. The summed E-state index contributed by atoms with van der Waals surface area (Å²) in [5.41, 5.74) is 0. The van der Waals surface area contributed by atoms with E-state index in [0.717, 1.165) is 19.3 Å². The van der Waals surface area contributed by atoms with E-state index in [1.807, 2.05) is 34.1 Å². The van der Waals surface area contributed by atoms with Crippen molar-refractivity contribution in [3.8, 4) is 0 Å². The van der Waals surface area contributed by atoms with Crippen LogP contribution in [0.2, 0.25) is 0 Å². The molecule has 0 aromatic rings. The number of carboxylic acids is 1. The number of carbonyl (C=O) groups is 1. The first-order chi connectivity index (χ1) is 15.2. The van der Waals surface area contributed by atoms with E-state index in [0.29, 0.717) is 11.0 Å². The summed E-state index contributed by atoms with van der Waals surface area (Å²) in [6.07, 6.45) is 15.9. The van der Waals surface area contributed by atoms with Gasteiger partial charge in [-0.25, -0.2) is 0 Å². The zero-order chi connectivity index (χ0) is 24.2. The van der Waals surface area contributed by atoms with E-state index in [9.17, 15) is 9.36 Å². The number of likely N-dealkylation sites (N-methyl/N-ethyl adjacent to an activating group) is 1. The maximum Gasteiger partial charge on any atom is 0.319 e. The summed E-state index contributed by atoms with van der Waals surface area (Å²) in [5, 5.41) is 9.09. The van der Waals surface area contributed by atoms with Gasteiger partial charge in [-0.2, -0.15) is 0 Å². The molecule has 0 heterocycles. The molecule has 0 radical (unpaired) electrons. The Labute approximate surface area is 202 Å². The Morgan fingerprint density at radius 3 is 2.00 bits per heavy atom. The SMILES string of the molecule is CC=COC(CCCCCCCCCCCC)CO[PH](=O)O[C@H](CC(=O)O)C[N+](C)(C)C.[OH-]. The lowest BCUT2D eigenvalue weighted by Gasteiger charge is -2.28. The molecule has 0 aliphatic carbocycles. The van der Waals surface area contributed by atoms with Crippen LogP contribution in [0.25, 0.3) is 0 Å². The summed E-state index contributed by atoms with van der Waals surface area (Å²) in [7, 11) is 3.00. The van der Waals surface area contributed by atoms with Crippen molar-refractivity contribution in [2.24, 2.45) is 0 Å². The van der Waals surface area contributed by atoms with Crippen molar-refractivity contribution in [3.63, 3.8) is 0 Å². The standard InChI is InChI=1S/C24H48NO6P.H2O/c1-6-8-9-10-11-12-13-14-15-16-17-22(29-18-7-2)21-30-32(28)31-23(19-24(26)27)20-25(3,4)5;/h7,18,22-23,32H,6,8-17,19-21H2,1-5H3;1H2/t22?,23-;/m1./s1. The minimum atomic E-state index is -2.80. The third-order valence-corrected chi connectivity index (χ3v) is 6.02. The maximum atomic E-state index is 12.3. The second-order valence-corrected chi connectivity index (χ2v) is 10.6. The topological polar surface area (TPSA) is 112 Å². The van der Waals surface area contributed by atoms with Crippen molar-refractivity contribution in [1.29, 1.82) is 0 Å². The highest BCUT2D eigenvalue weighted by atomic mass is 31.1. The highest BCUT2D eigenvalue weighted by Crippen LogP contribution is 2.29. The summed E-state index contributed by atoms with van der Waals surface area (Å²) in [6, 6.07) is 0. The monoisotopic (exact) mass is 495 g/mol. The van der Waals surface area contributed by atoms with E-state index in [1.165, 1.54) is 51.4 Å². The van der Waals surface area contributed by atoms with Gasteiger partial charge in [0, 0.05) is 0 Å². The third-order valence-electron chi connectivity index (χ3n) is 5.09. The Kier molecular flexibility index (Phi) is 22.4. The molecule has 33 heavy (non-hydrogen) atoms. The average Bonchev–Trinajstić information content (AvgIpc) is 2.69. The predicted octanol–water partition coefficient (Wildman–Crippen LogP) is 6.01. The number of nitrogens with zero attached hydrogens (tertiary/aromatic N) is 1. The van der Waals surface area contributed by atoms with Gasteiger partial charge in [0.1, 0.15) is 18.8 Å². The first-order valence-corrected chi connectivity index (χ1v) is 13.5. The molecule has 0 aliphatic rings. The molecule has 0 saturated carbocycles. The van der Waals surface area contributed by atoms with Crippen molar-refractivity contribution in [2.75, 3.05) is 34.3 Å². The molecular weight excluding hydrogens is 445 g/mol. The van der Waals surface area contributed by atoms with Crippen LogP contribution in [0.5, 0.6) is 0 Å². The number of rotatable bonds is 22. The lowest BCUT2D eigenvalue weighted by molar-refractivity contribution is -0.873. The molecule has 0 rings (SSSR count). The number of aliphatic carboxylic acids is 1. The number of allylic oxidation sites excluding steroid dienone is 1. The zero-order valence-electron chi connectivity index (χ0n) is 21.6. The molecule has 9 heteroatoms. The van der Waals surface area contributed by atoms with Gasteiger partial charge < -0.3 is 28.9 Å². The van der Waals surface area contributed by atoms with Crippen LogP contribution in [-0.2, 0) is 23.1 Å². The van der Waals surface area contributed by atoms with Crippen LogP contribution < -0.4 is 0 Å². The number of unbranched alkanes of at least 4 members (excludes halogenated alkanes) is 9. The van der Waals surface area contributed by atoms with Crippen molar-refractivity contribution >= 4 is 14.2 Å². The van der Waals surface area contributed by atoms with Gasteiger partial charge in [0.2, 0.25) is 0 Å². The number of ether oxygens (including phenoxy) is 1. The van der Waals surface area contributed by atoms with E-state index >= 15 is 0 Å². The van der Waals surface area contributed by atoms with Crippen molar-refractivity contribution in [2.45, 2.75) is 103 Å². The molecule has 0 amide bonds. The Morgan fingerprint density at radius 1 is 0.970 bits per heavy atom. The van der Waals surface area contributed by atoms with Crippen molar-refractivity contribution in [1.82, 2.24) is 0 Å². The summed E-state index contributed by atoms with van der Waals surface area (Å²) in [6.45, 7) is 4.73. The quantitative estimate of drug-likeness (QED) is 0.0847. The molecule has 0 aromatic heterocycles. The first-order valence-electron chi connectivity index (χ1n) is 12.3. The van der Waals surface area contributed by atoms with Gasteiger partial charge in [-0.05, 0) is 19.8 Å². The zero-order valence-corrected chi connectivity index (χ0v) is 22.6. The third kappa shape index (κ3) is 24.0. The largest absolute Gasteiger partial charge is 0.870 e. The molecule has 0 fully saturated rings. The highest BCUT2D eigenvalue weighted by molar-refractivity contribution is 7.33. The van der Waals surface area contributed by atoms with Crippen molar-refractivity contribution in [3.05, 3.63) is 12.3 Å². The molecule has 0 bridgehead atoms. The maximum absolute atomic E-state index is 12.3. The number of hydrogen-bond acceptors (Lipinski definition) is 6. The van der Waals surface area contributed by atoms with Crippen LogP contribution in [0.15, 0.2) is 12.3 Å². The fourth-order valence-corrected chi connectivity index (χ4v) is 4.34. The van der Waals surface area contributed by atoms with Gasteiger partial charge in [0.05, 0.1) is 40.4 Å². The molecule has 8 nitrogen and oxygen atoms in total. The van der Waals surface area contributed by atoms with Gasteiger partial charge in [-0.1, -0.05) is 70.8 Å². The van der Waals surface area contributed by atoms with Crippen LogP contribution in [0.4, 0.5) is 0 Å². The molecule has 0 aromatic carbocycles. The second kappa shape index (κ2) is 21.6. The van der Waals surface area contributed by atoms with Crippen LogP contribution in [0.3, 0.4) is 0 Å². The Balaban J connectivity index is 0. The van der Waals surface area contributed by atoms with Crippen LogP contribution in [0.1, 0.15) is 90.9 Å². The Hall–Kier alpha value is -0.920. The molecule has 0 spiro atoms. The lowest BCUT2D eigenvalue weighted by Crippen LogP contribution is -2.42. The normalized spacial score (nSPS) is 14.6. The minimum absolute atomic E-state index is 0. The van der Waals surface area contributed by atoms with E-state index in [2.05, 4.69) is 6.92 Å². The summed E-state index contributed by atoms with van der Waals surface area (Å²) in [5.74, 6) is -0.978. The Morgan fingerprint density at radius 2 is 1.52 bits per heavy atom. The predicted molar refractivity (Wildman–Crippen MR) is 133 cm³/mol. The molecule has 0 saturated heterocycles. The van der Waals surface area contributed by atoms with Gasteiger partial charge in [-0.15, -0.1) is 0 Å². The summed E-state index contributed by atoms with van der Waals surface area (Å²) < 4.78 is 29.4. The van der Waals surface area contributed by atoms with Crippen molar-refractivity contribution < 1.29 is 38.2 Å². The van der Waals surface area contributed by atoms with Gasteiger partial charge >= 0.3 is 14.2 Å². The van der Waals surface area contributed by atoms with Gasteiger partial charge in [0.25, 0.3) is 0 Å². The molecule has 3 atom stereocenters. The highest BCUT2D eigenvalue weighted by Gasteiger charge is 2.24. The van der Waals surface area contributed by atoms with Crippen LogP contribution in [0, 0.1) is 0 Å². The van der Waals surface area contributed by atoms with Crippen LogP contribution in [-0.4, -0.2) is 67.5 Å². The van der Waals surface area contributed by atoms with E-state index < -0.39 is 20.3 Å². The number of quaternary nitrogens is 1. The fraction of sp³-hybridized carbons (Fsp3) is 0.875. The van der Waals surface area contributed by atoms with Gasteiger partial charge in [-0.3, -0.25) is 9.36 Å². The number of carboxylic acid groups (broad SMARTS) is 1. The van der Waals surface area contributed by atoms with E-state index in [-0.39, 0.29) is 24.6 Å². The second-order valence-electron chi connectivity index (χ2n) is 9.57. The summed E-state index contributed by atoms with van der Waals surface area (Å²) in [4.78, 5) is 11.1. The smallest absolute Gasteiger partial charge is 0.319 e. The number of hydrogen-bond donors (Lipinski definition) is 1. The average molecular weight is 496 g/mol. The minimum Gasteiger partial charge on any atom is -0.870 e. The molecule has 2 N–H and O–H groups in total. The molecule has 0 aliphatic heterocycles. The lowest BCUT2D eigenvalue weighted by atomic mass is 10.0. The van der Waals surface area contributed by atoms with Crippen LogP contribution >= 0.6 is 8.25 Å². The summed E-state index contributed by atoms with van der Waals surface area (Å²) >= 11 is 0. The molecule has 198 valence electrons. The molecule has 2 unspecified atom stereocenters. The van der Waals surface area contributed by atoms with E-state index in [4.69, 9.17) is 18.9 Å². The Bertz CT molecular complexity index is 523. The van der Waals surface area contributed by atoms with Gasteiger partial charge in [0.15, 0.2) is 0 Å². The first kappa shape index (κ1) is 34.2. The van der Waals surface area contributed by atoms with E-state index in [1.54, 1.807) is 6.26 Å². The fourth-order valence-electron chi connectivity index (χ4n) is 3.52.